The first kappa shape index (κ1) is 9.06. The van der Waals surface area contributed by atoms with Gasteiger partial charge in [-0.05, 0) is 36.1 Å². The molecule has 3 nitrogen and oxygen atoms in total. The number of aryl methyl sites for hydroxylation is 1. The first-order valence-electron chi connectivity index (χ1n) is 4.71. The summed E-state index contributed by atoms with van der Waals surface area (Å²) >= 11 is 0. The summed E-state index contributed by atoms with van der Waals surface area (Å²) < 4.78 is 4.97. The van der Waals surface area contributed by atoms with Gasteiger partial charge in [0.15, 0.2) is 5.58 Å². The number of oxazole rings is 1. The number of H-pyrrole nitrogens is 1. The summed E-state index contributed by atoms with van der Waals surface area (Å²) in [5.74, 6) is 0.0677. The molecule has 74 valence electrons. The summed E-state index contributed by atoms with van der Waals surface area (Å²) in [4.78, 5) is 13.6. The summed E-state index contributed by atoms with van der Waals surface area (Å²) in [6.07, 6.45) is 0. The van der Waals surface area contributed by atoms with Crippen LogP contribution in [0.5, 0.6) is 0 Å². The number of benzene rings is 1. The van der Waals surface area contributed by atoms with Crippen molar-refractivity contribution in [3.8, 4) is 0 Å². The van der Waals surface area contributed by atoms with E-state index in [0.717, 1.165) is 11.1 Å². The van der Waals surface area contributed by atoms with E-state index in [4.69, 9.17) is 4.42 Å². The highest BCUT2D eigenvalue weighted by Gasteiger charge is 2.08. The molecule has 0 aliphatic carbocycles. The van der Waals surface area contributed by atoms with Crippen LogP contribution in [0.15, 0.2) is 21.3 Å². The van der Waals surface area contributed by atoms with E-state index in [2.05, 4.69) is 18.8 Å². The standard InChI is InChI=1S/C11H13NO2/c1-6(2)8-5-9-10(4-7(8)3)14-11(13)12-9/h4-6H,1-3H3,(H,12,13). The van der Waals surface area contributed by atoms with Gasteiger partial charge in [-0.1, -0.05) is 13.8 Å². The van der Waals surface area contributed by atoms with Gasteiger partial charge in [-0.3, -0.25) is 4.98 Å². The third-order valence-electron chi connectivity index (χ3n) is 2.43. The van der Waals surface area contributed by atoms with Crippen molar-refractivity contribution in [2.45, 2.75) is 26.7 Å². The minimum atomic E-state index is -0.389. The van der Waals surface area contributed by atoms with Crippen LogP contribution in [-0.4, -0.2) is 4.98 Å². The fraction of sp³-hybridized carbons (Fsp3) is 0.364. The predicted octanol–water partition coefficient (Wildman–Crippen LogP) is 2.55. The van der Waals surface area contributed by atoms with Crippen LogP contribution >= 0.6 is 0 Å². The lowest BCUT2D eigenvalue weighted by Crippen LogP contribution is -1.94. The van der Waals surface area contributed by atoms with Gasteiger partial charge in [0.2, 0.25) is 0 Å². The molecule has 3 heteroatoms. The number of nitrogens with one attached hydrogen (secondary N) is 1. The van der Waals surface area contributed by atoms with Crippen LogP contribution in [0.3, 0.4) is 0 Å². The van der Waals surface area contributed by atoms with Gasteiger partial charge < -0.3 is 4.42 Å². The van der Waals surface area contributed by atoms with Gasteiger partial charge >= 0.3 is 5.76 Å². The molecular formula is C11H13NO2. The first-order valence-corrected chi connectivity index (χ1v) is 4.71. The van der Waals surface area contributed by atoms with Crippen molar-refractivity contribution in [2.75, 3.05) is 0 Å². The van der Waals surface area contributed by atoms with Gasteiger partial charge in [-0.25, -0.2) is 4.79 Å². The number of rotatable bonds is 1. The van der Waals surface area contributed by atoms with Crippen LogP contribution in [0.1, 0.15) is 30.9 Å². The summed E-state index contributed by atoms with van der Waals surface area (Å²) in [5.41, 5.74) is 3.83. The van der Waals surface area contributed by atoms with E-state index in [1.165, 1.54) is 5.56 Å². The second-order valence-electron chi connectivity index (χ2n) is 3.87. The van der Waals surface area contributed by atoms with Crippen LogP contribution in [0.25, 0.3) is 11.1 Å². The summed E-state index contributed by atoms with van der Waals surface area (Å²) in [6, 6.07) is 3.89. The Hall–Kier alpha value is -1.51. The molecule has 0 atom stereocenters. The molecule has 0 radical (unpaired) electrons. The molecule has 14 heavy (non-hydrogen) atoms. The quantitative estimate of drug-likeness (QED) is 0.752. The smallest absolute Gasteiger partial charge is 0.408 e. The lowest BCUT2D eigenvalue weighted by Gasteiger charge is -2.08. The fourth-order valence-corrected chi connectivity index (χ4v) is 1.74. The van der Waals surface area contributed by atoms with Gasteiger partial charge in [0, 0.05) is 0 Å². The van der Waals surface area contributed by atoms with Crippen LogP contribution < -0.4 is 5.76 Å². The van der Waals surface area contributed by atoms with Crippen LogP contribution in [0.2, 0.25) is 0 Å². The van der Waals surface area contributed by atoms with Gasteiger partial charge in [0.1, 0.15) is 0 Å². The zero-order chi connectivity index (χ0) is 10.3. The Labute approximate surface area is 81.7 Å². The number of fused-ring (bicyclic) bond motifs is 1. The second kappa shape index (κ2) is 3.01. The molecule has 1 heterocycles. The van der Waals surface area contributed by atoms with Gasteiger partial charge in [0.05, 0.1) is 5.52 Å². The van der Waals surface area contributed by atoms with E-state index >= 15 is 0 Å². The summed E-state index contributed by atoms with van der Waals surface area (Å²) in [5, 5.41) is 0. The Balaban J connectivity index is 2.76. The predicted molar refractivity (Wildman–Crippen MR) is 55.7 cm³/mol. The van der Waals surface area contributed by atoms with E-state index in [1.54, 1.807) is 0 Å². The van der Waals surface area contributed by atoms with E-state index in [1.807, 2.05) is 19.1 Å². The third-order valence-corrected chi connectivity index (χ3v) is 2.43. The Kier molecular flexibility index (Phi) is 1.95. The first-order chi connectivity index (χ1) is 6.58. The van der Waals surface area contributed by atoms with Crippen molar-refractivity contribution in [3.63, 3.8) is 0 Å². The second-order valence-corrected chi connectivity index (χ2v) is 3.87. The van der Waals surface area contributed by atoms with E-state index < -0.39 is 0 Å². The Morgan fingerprint density at radius 3 is 2.71 bits per heavy atom. The van der Waals surface area contributed by atoms with Crippen molar-refractivity contribution in [1.29, 1.82) is 0 Å². The highest BCUT2D eigenvalue weighted by Crippen LogP contribution is 2.23. The maximum absolute atomic E-state index is 11.0. The average Bonchev–Trinajstić information content (AvgIpc) is 2.42. The summed E-state index contributed by atoms with van der Waals surface area (Å²) in [7, 11) is 0. The molecule has 1 aromatic carbocycles. The molecular weight excluding hydrogens is 178 g/mol. The monoisotopic (exact) mass is 191 g/mol. The van der Waals surface area contributed by atoms with E-state index in [0.29, 0.717) is 11.5 Å². The minimum absolute atomic E-state index is 0.389. The molecule has 0 saturated carbocycles. The largest absolute Gasteiger partial charge is 0.417 e. The van der Waals surface area contributed by atoms with Crippen molar-refractivity contribution in [1.82, 2.24) is 4.98 Å². The Morgan fingerprint density at radius 1 is 1.36 bits per heavy atom. The SMILES string of the molecule is Cc1cc2oc(=O)[nH]c2cc1C(C)C. The molecule has 0 amide bonds. The van der Waals surface area contributed by atoms with Crippen LogP contribution in [0.4, 0.5) is 0 Å². The highest BCUT2D eigenvalue weighted by atomic mass is 16.4. The lowest BCUT2D eigenvalue weighted by molar-refractivity contribution is 0.555. The number of hydrogen-bond donors (Lipinski definition) is 1. The van der Waals surface area contributed by atoms with Gasteiger partial charge in [0.25, 0.3) is 0 Å². The summed E-state index contributed by atoms with van der Waals surface area (Å²) in [6.45, 7) is 6.29. The number of aromatic amines is 1. The van der Waals surface area contributed by atoms with Crippen molar-refractivity contribution in [3.05, 3.63) is 33.8 Å². The van der Waals surface area contributed by atoms with E-state index in [-0.39, 0.29) is 5.76 Å². The molecule has 0 saturated heterocycles. The number of aromatic nitrogens is 1. The van der Waals surface area contributed by atoms with E-state index in [9.17, 15) is 4.79 Å². The lowest BCUT2D eigenvalue weighted by atomic mass is 9.98. The molecule has 0 aliphatic heterocycles. The third kappa shape index (κ3) is 1.35. The van der Waals surface area contributed by atoms with Gasteiger partial charge in [-0.15, -0.1) is 0 Å². The molecule has 0 spiro atoms. The van der Waals surface area contributed by atoms with Gasteiger partial charge in [-0.2, -0.15) is 0 Å². The zero-order valence-corrected chi connectivity index (χ0v) is 8.55. The normalized spacial score (nSPS) is 11.4. The molecule has 2 rings (SSSR count). The maximum Gasteiger partial charge on any atom is 0.417 e. The molecule has 1 N–H and O–H groups in total. The topological polar surface area (TPSA) is 46.0 Å². The molecule has 2 aromatic rings. The highest BCUT2D eigenvalue weighted by molar-refractivity contribution is 5.74. The Morgan fingerprint density at radius 2 is 2.07 bits per heavy atom. The van der Waals surface area contributed by atoms with Crippen molar-refractivity contribution < 1.29 is 4.42 Å². The van der Waals surface area contributed by atoms with Crippen LogP contribution in [0, 0.1) is 6.92 Å². The molecule has 1 aromatic heterocycles. The molecule has 0 aliphatic rings. The Bertz CT molecular complexity index is 520. The fourth-order valence-electron chi connectivity index (χ4n) is 1.74. The zero-order valence-electron chi connectivity index (χ0n) is 8.55. The van der Waals surface area contributed by atoms with Crippen LogP contribution in [-0.2, 0) is 0 Å². The molecule has 0 unspecified atom stereocenters. The minimum Gasteiger partial charge on any atom is -0.408 e. The van der Waals surface area contributed by atoms with Crippen molar-refractivity contribution in [2.24, 2.45) is 0 Å². The molecule has 0 fully saturated rings. The maximum atomic E-state index is 11.0. The number of hydrogen-bond acceptors (Lipinski definition) is 2. The van der Waals surface area contributed by atoms with Crippen molar-refractivity contribution >= 4 is 11.1 Å². The average molecular weight is 191 g/mol. The molecule has 0 bridgehead atoms.